The SMILES string of the molecule is CCn1nc(-c2ccc(OC)cc2F)cc1C(=O)N[C@@H]1CCCc2ccccc21. The monoisotopic (exact) mass is 393 g/mol. The first-order valence-electron chi connectivity index (χ1n) is 9.91. The number of carbonyl (C=O) groups is 1. The lowest BCUT2D eigenvalue weighted by Gasteiger charge is -2.26. The molecule has 1 aromatic heterocycles. The molecule has 1 aliphatic rings. The molecule has 0 bridgehead atoms. The van der Waals surface area contributed by atoms with Crippen molar-refractivity contribution < 1.29 is 13.9 Å². The maximum atomic E-state index is 14.5. The lowest BCUT2D eigenvalue weighted by Crippen LogP contribution is -2.32. The molecule has 0 aliphatic heterocycles. The Hall–Kier alpha value is -3.15. The van der Waals surface area contributed by atoms with Crippen molar-refractivity contribution in [3.63, 3.8) is 0 Å². The Bertz CT molecular complexity index is 1040. The van der Waals surface area contributed by atoms with Gasteiger partial charge in [-0.05, 0) is 55.5 Å². The zero-order valence-electron chi connectivity index (χ0n) is 16.6. The molecule has 0 radical (unpaired) electrons. The summed E-state index contributed by atoms with van der Waals surface area (Å²) >= 11 is 0. The number of hydrogen-bond donors (Lipinski definition) is 1. The smallest absolute Gasteiger partial charge is 0.270 e. The molecule has 0 saturated carbocycles. The summed E-state index contributed by atoms with van der Waals surface area (Å²) in [6.45, 7) is 2.43. The number of carbonyl (C=O) groups excluding carboxylic acids is 1. The van der Waals surface area contributed by atoms with Gasteiger partial charge in [-0.25, -0.2) is 4.39 Å². The van der Waals surface area contributed by atoms with Crippen molar-refractivity contribution in [3.8, 4) is 17.0 Å². The first kappa shape index (κ1) is 19.2. The van der Waals surface area contributed by atoms with Crippen LogP contribution in [-0.2, 0) is 13.0 Å². The number of benzene rings is 2. The third-order valence-electron chi connectivity index (χ3n) is 5.44. The van der Waals surface area contributed by atoms with E-state index in [0.29, 0.717) is 29.2 Å². The summed E-state index contributed by atoms with van der Waals surface area (Å²) in [7, 11) is 1.49. The van der Waals surface area contributed by atoms with E-state index in [9.17, 15) is 9.18 Å². The number of aryl methyl sites for hydroxylation is 2. The Labute approximate surface area is 169 Å². The van der Waals surface area contributed by atoms with Gasteiger partial charge in [0.05, 0.1) is 18.8 Å². The predicted octanol–water partition coefficient (Wildman–Crippen LogP) is 4.53. The van der Waals surface area contributed by atoms with Crippen molar-refractivity contribution >= 4 is 5.91 Å². The zero-order valence-corrected chi connectivity index (χ0v) is 16.6. The summed E-state index contributed by atoms with van der Waals surface area (Å²) in [4.78, 5) is 13.0. The summed E-state index contributed by atoms with van der Waals surface area (Å²) in [5.41, 5.74) is 3.67. The normalized spacial score (nSPS) is 15.6. The summed E-state index contributed by atoms with van der Waals surface area (Å²) in [5.74, 6) is -0.186. The Balaban J connectivity index is 1.62. The largest absolute Gasteiger partial charge is 0.497 e. The van der Waals surface area contributed by atoms with Gasteiger partial charge < -0.3 is 10.1 Å². The minimum atomic E-state index is -0.432. The number of halogens is 1. The first-order chi connectivity index (χ1) is 14.1. The third kappa shape index (κ3) is 3.75. The van der Waals surface area contributed by atoms with E-state index < -0.39 is 5.82 Å². The molecular weight excluding hydrogens is 369 g/mol. The highest BCUT2D eigenvalue weighted by atomic mass is 19.1. The van der Waals surface area contributed by atoms with Crippen LogP contribution in [0.2, 0.25) is 0 Å². The van der Waals surface area contributed by atoms with Crippen molar-refractivity contribution in [2.75, 3.05) is 7.11 Å². The minimum absolute atomic E-state index is 0.0196. The van der Waals surface area contributed by atoms with Crippen LogP contribution >= 0.6 is 0 Å². The lowest BCUT2D eigenvalue weighted by molar-refractivity contribution is 0.0922. The van der Waals surface area contributed by atoms with Crippen LogP contribution in [0, 0.1) is 5.82 Å². The zero-order chi connectivity index (χ0) is 20.4. The summed E-state index contributed by atoms with van der Waals surface area (Å²) < 4.78 is 21.1. The fourth-order valence-corrected chi connectivity index (χ4v) is 3.94. The fourth-order valence-electron chi connectivity index (χ4n) is 3.94. The molecule has 2 aromatic carbocycles. The second-order valence-corrected chi connectivity index (χ2v) is 7.19. The molecule has 0 unspecified atom stereocenters. The molecule has 150 valence electrons. The van der Waals surface area contributed by atoms with Crippen LogP contribution in [0.1, 0.15) is 47.4 Å². The number of hydrogen-bond acceptors (Lipinski definition) is 3. The molecule has 1 N–H and O–H groups in total. The van der Waals surface area contributed by atoms with E-state index in [2.05, 4.69) is 22.5 Å². The van der Waals surface area contributed by atoms with Gasteiger partial charge in [0.25, 0.3) is 5.91 Å². The number of ether oxygens (including phenoxy) is 1. The first-order valence-corrected chi connectivity index (χ1v) is 9.91. The van der Waals surface area contributed by atoms with Crippen molar-refractivity contribution in [1.82, 2.24) is 15.1 Å². The molecule has 0 spiro atoms. The minimum Gasteiger partial charge on any atom is -0.497 e. The molecule has 4 rings (SSSR count). The fraction of sp³-hybridized carbons (Fsp3) is 0.304. The highest BCUT2D eigenvalue weighted by Crippen LogP contribution is 2.30. The average molecular weight is 393 g/mol. The molecule has 29 heavy (non-hydrogen) atoms. The van der Waals surface area contributed by atoms with E-state index in [-0.39, 0.29) is 11.9 Å². The van der Waals surface area contributed by atoms with E-state index in [0.717, 1.165) is 19.3 Å². The predicted molar refractivity (Wildman–Crippen MR) is 109 cm³/mol. The summed E-state index contributed by atoms with van der Waals surface area (Å²) in [5, 5.41) is 7.60. The number of rotatable bonds is 5. The highest BCUT2D eigenvalue weighted by Gasteiger charge is 2.24. The quantitative estimate of drug-likeness (QED) is 0.693. The maximum absolute atomic E-state index is 14.5. The Kier molecular flexibility index (Phi) is 5.34. The van der Waals surface area contributed by atoms with E-state index >= 15 is 0 Å². The number of fused-ring (bicyclic) bond motifs is 1. The van der Waals surface area contributed by atoms with E-state index in [1.807, 2.05) is 19.1 Å². The van der Waals surface area contributed by atoms with Gasteiger partial charge in [-0.2, -0.15) is 5.10 Å². The van der Waals surface area contributed by atoms with Gasteiger partial charge in [-0.1, -0.05) is 24.3 Å². The topological polar surface area (TPSA) is 56.2 Å². The molecule has 0 fully saturated rings. The molecule has 1 atom stereocenters. The standard InChI is InChI=1S/C23H24FN3O2/c1-3-27-22(14-21(26-27)18-12-11-16(29-2)13-19(18)24)23(28)25-20-10-6-8-15-7-4-5-9-17(15)20/h4-5,7,9,11-14,20H,3,6,8,10H2,1-2H3,(H,25,28)/t20-/m1/s1. The molecule has 5 nitrogen and oxygen atoms in total. The molecule has 0 saturated heterocycles. The molecule has 1 aliphatic carbocycles. The van der Waals surface area contributed by atoms with Gasteiger partial charge in [-0.3, -0.25) is 9.48 Å². The molecule has 3 aromatic rings. The van der Waals surface area contributed by atoms with Crippen LogP contribution in [0.4, 0.5) is 4.39 Å². The van der Waals surface area contributed by atoms with Gasteiger partial charge in [-0.15, -0.1) is 0 Å². The molecule has 1 heterocycles. The lowest BCUT2D eigenvalue weighted by atomic mass is 9.87. The van der Waals surface area contributed by atoms with Crippen LogP contribution in [0.15, 0.2) is 48.5 Å². The summed E-state index contributed by atoms with van der Waals surface area (Å²) in [6.07, 6.45) is 2.98. The number of nitrogens with zero attached hydrogens (tertiary/aromatic N) is 2. The van der Waals surface area contributed by atoms with Gasteiger partial charge >= 0.3 is 0 Å². The maximum Gasteiger partial charge on any atom is 0.270 e. The van der Waals surface area contributed by atoms with Crippen LogP contribution in [-0.4, -0.2) is 22.8 Å². The van der Waals surface area contributed by atoms with Crippen LogP contribution in [0.5, 0.6) is 5.75 Å². The van der Waals surface area contributed by atoms with Gasteiger partial charge in [0.2, 0.25) is 0 Å². The third-order valence-corrected chi connectivity index (χ3v) is 5.44. The van der Waals surface area contributed by atoms with E-state index in [4.69, 9.17) is 4.74 Å². The van der Waals surface area contributed by atoms with Crippen LogP contribution in [0.25, 0.3) is 11.3 Å². The number of amides is 1. The van der Waals surface area contributed by atoms with Crippen molar-refractivity contribution in [1.29, 1.82) is 0 Å². The van der Waals surface area contributed by atoms with Crippen LogP contribution in [0.3, 0.4) is 0 Å². The Morgan fingerprint density at radius 1 is 1.28 bits per heavy atom. The van der Waals surface area contributed by atoms with Crippen molar-refractivity contribution in [3.05, 3.63) is 71.2 Å². The Morgan fingerprint density at radius 2 is 2.10 bits per heavy atom. The molecular formula is C23H24FN3O2. The average Bonchev–Trinajstić information content (AvgIpc) is 3.18. The van der Waals surface area contributed by atoms with Gasteiger partial charge in [0, 0.05) is 18.2 Å². The highest BCUT2D eigenvalue weighted by molar-refractivity contribution is 5.94. The van der Waals surface area contributed by atoms with Crippen molar-refractivity contribution in [2.45, 2.75) is 38.8 Å². The van der Waals surface area contributed by atoms with E-state index in [1.165, 1.54) is 24.3 Å². The molecule has 6 heteroatoms. The van der Waals surface area contributed by atoms with Gasteiger partial charge in [0.15, 0.2) is 0 Å². The van der Waals surface area contributed by atoms with Crippen LogP contribution < -0.4 is 10.1 Å². The number of nitrogens with one attached hydrogen (secondary N) is 1. The van der Waals surface area contributed by atoms with E-state index in [1.54, 1.807) is 22.9 Å². The summed E-state index contributed by atoms with van der Waals surface area (Å²) in [6, 6.07) is 14.5. The molecule has 1 amide bonds. The van der Waals surface area contributed by atoms with Gasteiger partial charge in [0.1, 0.15) is 17.3 Å². The van der Waals surface area contributed by atoms with Crippen molar-refractivity contribution in [2.24, 2.45) is 0 Å². The number of aromatic nitrogens is 2. The second kappa shape index (κ2) is 8.07. The Morgan fingerprint density at radius 3 is 2.86 bits per heavy atom. The second-order valence-electron chi connectivity index (χ2n) is 7.19. The number of methoxy groups -OCH3 is 1.